The van der Waals surface area contributed by atoms with Crippen LogP contribution in [0, 0.1) is 0 Å². The zero-order valence-electron chi connectivity index (χ0n) is 16.7. The molecule has 2 rings (SSSR count). The van der Waals surface area contributed by atoms with E-state index in [1.54, 1.807) is 12.1 Å². The van der Waals surface area contributed by atoms with E-state index in [2.05, 4.69) is 5.32 Å². The largest absolute Gasteiger partial charge is 0.456 e. The summed E-state index contributed by atoms with van der Waals surface area (Å²) in [6, 6.07) is 17.2. The van der Waals surface area contributed by atoms with Gasteiger partial charge in [-0.05, 0) is 31.4 Å². The Balaban J connectivity index is 1.78. The molecule has 0 aliphatic heterocycles. The molecule has 0 aliphatic rings. The van der Waals surface area contributed by atoms with Gasteiger partial charge in [0, 0.05) is 17.5 Å². The molecule has 0 saturated carbocycles. The molecule has 148 valence electrons. The van der Waals surface area contributed by atoms with Gasteiger partial charge in [0.25, 0.3) is 5.91 Å². The van der Waals surface area contributed by atoms with Crippen molar-refractivity contribution >= 4 is 17.7 Å². The molecule has 0 unspecified atom stereocenters. The Morgan fingerprint density at radius 3 is 2.11 bits per heavy atom. The molecule has 2 aromatic rings. The summed E-state index contributed by atoms with van der Waals surface area (Å²) in [6.07, 6.45) is 0.763. The Morgan fingerprint density at radius 1 is 0.893 bits per heavy atom. The van der Waals surface area contributed by atoms with Crippen LogP contribution in [-0.4, -0.2) is 29.8 Å². The first kappa shape index (κ1) is 21.4. The maximum atomic E-state index is 12.3. The second-order valence-electron chi connectivity index (χ2n) is 7.31. The maximum absolute atomic E-state index is 12.3. The van der Waals surface area contributed by atoms with Crippen LogP contribution in [0.3, 0.4) is 0 Å². The molecule has 5 heteroatoms. The minimum absolute atomic E-state index is 0.0472. The predicted octanol–water partition coefficient (Wildman–Crippen LogP) is 4.16. The normalized spacial score (nSPS) is 11.0. The maximum Gasteiger partial charge on any atom is 0.306 e. The topological polar surface area (TPSA) is 72.5 Å². The highest BCUT2D eigenvalue weighted by molar-refractivity contribution is 5.98. The third-order valence-electron chi connectivity index (χ3n) is 4.60. The molecule has 0 radical (unpaired) electrons. The highest BCUT2D eigenvalue weighted by atomic mass is 16.5. The smallest absolute Gasteiger partial charge is 0.306 e. The van der Waals surface area contributed by atoms with E-state index in [1.807, 2.05) is 63.2 Å². The molecule has 1 amide bonds. The molecule has 0 atom stereocenters. The number of esters is 1. The standard InChI is InChI=1S/C23H27NO4/c1-4-23(2,3)24-21(26)16-28-22(27)15-14-20(25)19-12-10-18(11-13-19)17-8-6-5-7-9-17/h5-13H,4,14-16H2,1-3H3,(H,24,26). The number of carbonyl (C=O) groups excluding carboxylic acids is 3. The van der Waals surface area contributed by atoms with Gasteiger partial charge in [-0.3, -0.25) is 14.4 Å². The molecule has 28 heavy (non-hydrogen) atoms. The molecule has 0 aromatic heterocycles. The molecule has 0 spiro atoms. The molecule has 0 heterocycles. The summed E-state index contributed by atoms with van der Waals surface area (Å²) in [4.78, 5) is 35.9. The van der Waals surface area contributed by atoms with Crippen molar-refractivity contribution in [3.05, 3.63) is 60.2 Å². The molecule has 0 fully saturated rings. The van der Waals surface area contributed by atoms with Gasteiger partial charge in [0.1, 0.15) is 0 Å². The highest BCUT2D eigenvalue weighted by Crippen LogP contribution is 2.20. The number of ketones is 1. The van der Waals surface area contributed by atoms with E-state index < -0.39 is 5.97 Å². The number of ether oxygens (including phenoxy) is 1. The van der Waals surface area contributed by atoms with Crippen molar-refractivity contribution in [1.29, 1.82) is 0 Å². The first-order valence-corrected chi connectivity index (χ1v) is 9.46. The SMILES string of the molecule is CCC(C)(C)NC(=O)COC(=O)CCC(=O)c1ccc(-c2ccccc2)cc1. The fraction of sp³-hybridized carbons (Fsp3) is 0.348. The molecule has 0 saturated heterocycles. The molecule has 5 nitrogen and oxygen atoms in total. The third kappa shape index (κ3) is 6.65. The third-order valence-corrected chi connectivity index (χ3v) is 4.60. The van der Waals surface area contributed by atoms with Crippen molar-refractivity contribution in [2.75, 3.05) is 6.61 Å². The lowest BCUT2D eigenvalue weighted by Gasteiger charge is -2.24. The van der Waals surface area contributed by atoms with Gasteiger partial charge in [-0.1, -0.05) is 61.5 Å². The van der Waals surface area contributed by atoms with Crippen LogP contribution in [0.25, 0.3) is 11.1 Å². The average molecular weight is 381 g/mol. The number of nitrogens with one attached hydrogen (secondary N) is 1. The van der Waals surface area contributed by atoms with E-state index in [-0.39, 0.29) is 36.7 Å². The summed E-state index contributed by atoms with van der Waals surface area (Å²) in [5.74, 6) is -1.03. The fourth-order valence-corrected chi connectivity index (χ4v) is 2.56. The molecule has 0 bridgehead atoms. The lowest BCUT2D eigenvalue weighted by Crippen LogP contribution is -2.44. The number of hydrogen-bond acceptors (Lipinski definition) is 4. The molecular weight excluding hydrogens is 354 g/mol. The van der Waals surface area contributed by atoms with Gasteiger partial charge >= 0.3 is 5.97 Å². The van der Waals surface area contributed by atoms with Crippen molar-refractivity contribution in [3.63, 3.8) is 0 Å². The summed E-state index contributed by atoms with van der Waals surface area (Å²) in [6.45, 7) is 5.43. The van der Waals surface area contributed by atoms with Gasteiger partial charge in [-0.2, -0.15) is 0 Å². The quantitative estimate of drug-likeness (QED) is 0.523. The van der Waals surface area contributed by atoms with Crippen LogP contribution >= 0.6 is 0 Å². The number of benzene rings is 2. The summed E-state index contributed by atoms with van der Waals surface area (Å²) in [5.41, 5.74) is 2.31. The van der Waals surface area contributed by atoms with E-state index in [0.29, 0.717) is 5.56 Å². The van der Waals surface area contributed by atoms with Crippen molar-refractivity contribution in [2.45, 2.75) is 45.6 Å². The van der Waals surface area contributed by atoms with Crippen LogP contribution in [0.5, 0.6) is 0 Å². The van der Waals surface area contributed by atoms with E-state index in [1.165, 1.54) is 0 Å². The summed E-state index contributed by atoms with van der Waals surface area (Å²) in [7, 11) is 0. The number of rotatable bonds is 9. The van der Waals surface area contributed by atoms with Crippen LogP contribution in [0.15, 0.2) is 54.6 Å². The second-order valence-corrected chi connectivity index (χ2v) is 7.31. The van der Waals surface area contributed by atoms with Crippen molar-refractivity contribution < 1.29 is 19.1 Å². The molecule has 0 aliphatic carbocycles. The summed E-state index contributed by atoms with van der Waals surface area (Å²) in [5, 5.41) is 2.79. The Labute approximate surface area is 166 Å². The second kappa shape index (κ2) is 9.83. The Bertz CT molecular complexity index is 810. The van der Waals surface area contributed by atoms with Crippen molar-refractivity contribution in [3.8, 4) is 11.1 Å². The van der Waals surface area contributed by atoms with E-state index in [4.69, 9.17) is 4.74 Å². The van der Waals surface area contributed by atoms with Gasteiger partial charge < -0.3 is 10.1 Å². The lowest BCUT2D eigenvalue weighted by atomic mass is 10.0. The summed E-state index contributed by atoms with van der Waals surface area (Å²) < 4.78 is 4.95. The zero-order valence-corrected chi connectivity index (χ0v) is 16.7. The van der Waals surface area contributed by atoms with Crippen LogP contribution < -0.4 is 5.32 Å². The molecule has 1 N–H and O–H groups in total. The Hall–Kier alpha value is -2.95. The van der Waals surface area contributed by atoms with Crippen LogP contribution in [-0.2, 0) is 14.3 Å². The Morgan fingerprint density at radius 2 is 1.50 bits per heavy atom. The van der Waals surface area contributed by atoms with Gasteiger partial charge in [0.15, 0.2) is 12.4 Å². The summed E-state index contributed by atoms with van der Waals surface area (Å²) >= 11 is 0. The number of hydrogen-bond donors (Lipinski definition) is 1. The van der Waals surface area contributed by atoms with Crippen LogP contribution in [0.1, 0.15) is 50.4 Å². The number of carbonyl (C=O) groups is 3. The fourth-order valence-electron chi connectivity index (χ4n) is 2.56. The van der Waals surface area contributed by atoms with Gasteiger partial charge in [-0.15, -0.1) is 0 Å². The van der Waals surface area contributed by atoms with Gasteiger partial charge in [-0.25, -0.2) is 0 Å². The van der Waals surface area contributed by atoms with E-state index in [9.17, 15) is 14.4 Å². The molecule has 2 aromatic carbocycles. The molecular formula is C23H27NO4. The van der Waals surface area contributed by atoms with Crippen LogP contribution in [0.4, 0.5) is 0 Å². The lowest BCUT2D eigenvalue weighted by molar-refractivity contribution is -0.148. The van der Waals surface area contributed by atoms with Gasteiger partial charge in [0.2, 0.25) is 0 Å². The van der Waals surface area contributed by atoms with Crippen LogP contribution in [0.2, 0.25) is 0 Å². The van der Waals surface area contributed by atoms with E-state index in [0.717, 1.165) is 17.5 Å². The first-order valence-electron chi connectivity index (χ1n) is 9.46. The van der Waals surface area contributed by atoms with Crippen molar-refractivity contribution in [1.82, 2.24) is 5.32 Å². The van der Waals surface area contributed by atoms with E-state index >= 15 is 0 Å². The zero-order chi connectivity index (χ0) is 20.6. The Kier molecular flexibility index (Phi) is 7.50. The van der Waals surface area contributed by atoms with Crippen molar-refractivity contribution in [2.24, 2.45) is 0 Å². The van der Waals surface area contributed by atoms with Gasteiger partial charge in [0.05, 0.1) is 6.42 Å². The number of amides is 1. The first-order chi connectivity index (χ1) is 13.3. The minimum atomic E-state index is -0.557. The number of Topliss-reactive ketones (excluding diaryl/α,β-unsaturated/α-hetero) is 1. The predicted molar refractivity (Wildman–Crippen MR) is 109 cm³/mol. The average Bonchev–Trinajstić information content (AvgIpc) is 2.71. The minimum Gasteiger partial charge on any atom is -0.456 e. The monoisotopic (exact) mass is 381 g/mol. The highest BCUT2D eigenvalue weighted by Gasteiger charge is 2.19.